The van der Waals surface area contributed by atoms with Crippen LogP contribution >= 0.6 is 0 Å². The molecule has 0 unspecified atom stereocenters. The van der Waals surface area contributed by atoms with Crippen molar-refractivity contribution in [2.24, 2.45) is 0 Å². The van der Waals surface area contributed by atoms with Crippen LogP contribution in [0.3, 0.4) is 0 Å². The molecule has 2 atom stereocenters. The van der Waals surface area contributed by atoms with Crippen LogP contribution in [-0.4, -0.2) is 65.4 Å². The maximum Gasteiger partial charge on any atom is 0.246 e. The van der Waals surface area contributed by atoms with E-state index in [1.165, 1.54) is 0 Å². The minimum absolute atomic E-state index is 0.0186. The van der Waals surface area contributed by atoms with Crippen LogP contribution in [-0.2, 0) is 32.0 Å². The summed E-state index contributed by atoms with van der Waals surface area (Å²) in [4.78, 5) is 52.8. The molecular formula is C29H38N4O5. The van der Waals surface area contributed by atoms with Gasteiger partial charge in [0, 0.05) is 38.9 Å². The number of hydrogen-bond donors (Lipinski definition) is 4. The number of carbonyl (C=O) groups is 4. The van der Waals surface area contributed by atoms with E-state index < -0.39 is 12.1 Å². The number of nitrogens with zero attached hydrogens (tertiary/aromatic N) is 1. The number of likely N-dealkylation sites (tertiary alicyclic amines) is 1. The van der Waals surface area contributed by atoms with Gasteiger partial charge in [0.15, 0.2) is 0 Å². The molecule has 0 radical (unpaired) electrons. The van der Waals surface area contributed by atoms with Crippen LogP contribution in [0.25, 0.3) is 0 Å². The second-order valence-electron chi connectivity index (χ2n) is 9.56. The molecule has 38 heavy (non-hydrogen) atoms. The lowest BCUT2D eigenvalue weighted by molar-refractivity contribution is -0.141. The van der Waals surface area contributed by atoms with Crippen molar-refractivity contribution >= 4 is 23.6 Å². The summed E-state index contributed by atoms with van der Waals surface area (Å²) < 4.78 is 0. The number of benzene rings is 2. The molecule has 1 saturated heterocycles. The Morgan fingerprint density at radius 1 is 0.921 bits per heavy atom. The van der Waals surface area contributed by atoms with Crippen LogP contribution < -0.4 is 16.0 Å². The zero-order valence-electron chi connectivity index (χ0n) is 21.9. The van der Waals surface area contributed by atoms with Crippen molar-refractivity contribution in [3.8, 4) is 5.75 Å². The molecule has 1 fully saturated rings. The first kappa shape index (κ1) is 28.7. The minimum atomic E-state index is -0.839. The van der Waals surface area contributed by atoms with Crippen molar-refractivity contribution < 1.29 is 24.3 Å². The molecule has 0 aromatic heterocycles. The minimum Gasteiger partial charge on any atom is -0.508 e. The fourth-order valence-corrected chi connectivity index (χ4v) is 4.51. The van der Waals surface area contributed by atoms with Gasteiger partial charge in [-0.15, -0.1) is 0 Å². The SMILES string of the molecule is CCCNC(=O)CCC(=O)N[C@@H](Cc1ccccc1)C(=O)N1CCC[C@H]1C(=O)NCCc1ccc(O)cc1. The molecule has 4 N–H and O–H groups in total. The van der Waals surface area contributed by atoms with Gasteiger partial charge in [0.25, 0.3) is 0 Å². The highest BCUT2D eigenvalue weighted by Crippen LogP contribution is 2.20. The largest absolute Gasteiger partial charge is 0.508 e. The third kappa shape index (κ3) is 8.90. The summed E-state index contributed by atoms with van der Waals surface area (Å²) in [5, 5.41) is 17.9. The van der Waals surface area contributed by atoms with E-state index in [2.05, 4.69) is 16.0 Å². The van der Waals surface area contributed by atoms with Gasteiger partial charge in [0.1, 0.15) is 17.8 Å². The van der Waals surface area contributed by atoms with Crippen LogP contribution in [0.5, 0.6) is 5.75 Å². The molecular weight excluding hydrogens is 484 g/mol. The van der Waals surface area contributed by atoms with Gasteiger partial charge < -0.3 is 26.0 Å². The normalized spacial score (nSPS) is 15.5. The molecule has 0 saturated carbocycles. The Balaban J connectivity index is 1.61. The summed E-state index contributed by atoms with van der Waals surface area (Å²) in [7, 11) is 0. The quantitative estimate of drug-likeness (QED) is 0.320. The first-order valence-electron chi connectivity index (χ1n) is 13.3. The van der Waals surface area contributed by atoms with E-state index >= 15 is 0 Å². The maximum atomic E-state index is 13.6. The molecule has 0 spiro atoms. The van der Waals surface area contributed by atoms with Crippen LogP contribution in [0, 0.1) is 0 Å². The summed E-state index contributed by atoms with van der Waals surface area (Å²) in [5.74, 6) is -0.896. The fourth-order valence-electron chi connectivity index (χ4n) is 4.51. The van der Waals surface area contributed by atoms with Gasteiger partial charge in [-0.05, 0) is 48.9 Å². The number of aromatic hydroxyl groups is 1. The first-order valence-corrected chi connectivity index (χ1v) is 13.3. The van der Waals surface area contributed by atoms with Crippen molar-refractivity contribution in [1.29, 1.82) is 0 Å². The summed E-state index contributed by atoms with van der Waals surface area (Å²) in [6.45, 7) is 3.36. The Morgan fingerprint density at radius 2 is 1.63 bits per heavy atom. The van der Waals surface area contributed by atoms with Crippen molar-refractivity contribution in [3.05, 3.63) is 65.7 Å². The number of phenols is 1. The second kappa shape index (κ2) is 14.8. The predicted octanol–water partition coefficient (Wildman–Crippen LogP) is 2.08. The summed E-state index contributed by atoms with van der Waals surface area (Å²) >= 11 is 0. The Kier molecular flexibility index (Phi) is 11.1. The van der Waals surface area contributed by atoms with E-state index in [-0.39, 0.29) is 42.2 Å². The molecule has 4 amide bonds. The highest BCUT2D eigenvalue weighted by molar-refractivity contribution is 5.93. The van der Waals surface area contributed by atoms with Gasteiger partial charge in [-0.3, -0.25) is 19.2 Å². The van der Waals surface area contributed by atoms with Crippen molar-refractivity contribution in [3.63, 3.8) is 0 Å². The number of amides is 4. The Bertz CT molecular complexity index is 1070. The Morgan fingerprint density at radius 3 is 2.34 bits per heavy atom. The topological polar surface area (TPSA) is 128 Å². The lowest BCUT2D eigenvalue weighted by atomic mass is 10.0. The van der Waals surface area contributed by atoms with E-state index in [1.807, 2.05) is 37.3 Å². The molecule has 1 aliphatic rings. The molecule has 2 aromatic carbocycles. The number of phenolic OH excluding ortho intramolecular Hbond substituents is 1. The van der Waals surface area contributed by atoms with Crippen molar-refractivity contribution in [2.45, 2.75) is 64.0 Å². The highest BCUT2D eigenvalue weighted by atomic mass is 16.3. The van der Waals surface area contributed by atoms with Crippen LogP contribution in [0.2, 0.25) is 0 Å². The lowest BCUT2D eigenvalue weighted by Crippen LogP contribution is -2.54. The third-order valence-corrected chi connectivity index (χ3v) is 6.56. The van der Waals surface area contributed by atoms with E-state index in [4.69, 9.17) is 0 Å². The molecule has 204 valence electrons. The average Bonchev–Trinajstić information content (AvgIpc) is 3.42. The molecule has 3 rings (SSSR count). The molecule has 9 nitrogen and oxygen atoms in total. The van der Waals surface area contributed by atoms with Crippen LogP contribution in [0.1, 0.15) is 50.2 Å². The summed E-state index contributed by atoms with van der Waals surface area (Å²) in [6, 6.07) is 14.8. The smallest absolute Gasteiger partial charge is 0.246 e. The molecule has 1 aliphatic heterocycles. The number of carbonyl (C=O) groups excluding carboxylic acids is 4. The Hall–Kier alpha value is -3.88. The van der Waals surface area contributed by atoms with Gasteiger partial charge in [-0.2, -0.15) is 0 Å². The van der Waals surface area contributed by atoms with Crippen molar-refractivity contribution in [2.75, 3.05) is 19.6 Å². The van der Waals surface area contributed by atoms with Gasteiger partial charge >= 0.3 is 0 Å². The van der Waals surface area contributed by atoms with E-state index in [9.17, 15) is 24.3 Å². The van der Waals surface area contributed by atoms with E-state index in [0.717, 1.165) is 17.5 Å². The average molecular weight is 523 g/mol. The lowest BCUT2D eigenvalue weighted by Gasteiger charge is -2.29. The zero-order valence-corrected chi connectivity index (χ0v) is 21.9. The monoisotopic (exact) mass is 522 g/mol. The van der Waals surface area contributed by atoms with E-state index in [0.29, 0.717) is 45.3 Å². The summed E-state index contributed by atoms with van der Waals surface area (Å²) in [6.07, 6.45) is 2.99. The second-order valence-corrected chi connectivity index (χ2v) is 9.56. The summed E-state index contributed by atoms with van der Waals surface area (Å²) in [5.41, 5.74) is 1.87. The van der Waals surface area contributed by atoms with E-state index in [1.54, 1.807) is 29.2 Å². The third-order valence-electron chi connectivity index (χ3n) is 6.56. The number of nitrogens with one attached hydrogen (secondary N) is 3. The van der Waals surface area contributed by atoms with Gasteiger partial charge in [0.2, 0.25) is 23.6 Å². The molecule has 0 bridgehead atoms. The van der Waals surface area contributed by atoms with Gasteiger partial charge in [0.05, 0.1) is 0 Å². The standard InChI is InChI=1S/C29H38N4O5/c1-2-17-30-26(35)14-15-27(36)32-24(20-22-7-4-3-5-8-22)29(38)33-19-6-9-25(33)28(37)31-18-16-21-10-12-23(34)13-11-21/h3-5,7-8,10-13,24-25,34H,2,6,9,14-20H2,1H3,(H,30,35)(H,31,37)(H,32,36)/t24-,25-/m0/s1. The zero-order chi connectivity index (χ0) is 27.3. The molecule has 9 heteroatoms. The predicted molar refractivity (Wildman–Crippen MR) is 144 cm³/mol. The number of rotatable bonds is 13. The van der Waals surface area contributed by atoms with Crippen LogP contribution in [0.15, 0.2) is 54.6 Å². The van der Waals surface area contributed by atoms with Crippen LogP contribution in [0.4, 0.5) is 0 Å². The maximum absolute atomic E-state index is 13.6. The number of hydrogen-bond acceptors (Lipinski definition) is 5. The Labute approximate surface area is 224 Å². The molecule has 1 heterocycles. The van der Waals surface area contributed by atoms with Gasteiger partial charge in [-0.25, -0.2) is 0 Å². The fraction of sp³-hybridized carbons (Fsp3) is 0.448. The highest BCUT2D eigenvalue weighted by Gasteiger charge is 2.37. The van der Waals surface area contributed by atoms with Gasteiger partial charge in [-0.1, -0.05) is 49.4 Å². The molecule has 2 aromatic rings. The molecule has 0 aliphatic carbocycles. The first-order chi connectivity index (χ1) is 18.4. The van der Waals surface area contributed by atoms with Crippen molar-refractivity contribution in [1.82, 2.24) is 20.9 Å².